The number of carbonyl (C=O) groups excluding carboxylic acids is 2. The Morgan fingerprint density at radius 3 is 2.58 bits per heavy atom. The Bertz CT molecular complexity index is 1030. The number of rotatable bonds is 6. The Labute approximate surface area is 179 Å². The molecule has 9 nitrogen and oxygen atoms in total. The van der Waals surface area contributed by atoms with E-state index >= 15 is 0 Å². The highest BCUT2D eigenvalue weighted by atomic mass is 16.6. The number of amides is 2. The molecule has 1 aliphatic rings. The lowest BCUT2D eigenvalue weighted by Crippen LogP contribution is -2.37. The summed E-state index contributed by atoms with van der Waals surface area (Å²) in [5.74, 6) is 0.652. The van der Waals surface area contributed by atoms with Gasteiger partial charge in [0.2, 0.25) is 5.91 Å². The van der Waals surface area contributed by atoms with E-state index in [-0.39, 0.29) is 23.8 Å². The third-order valence-electron chi connectivity index (χ3n) is 5.44. The number of aromatic nitrogens is 4. The van der Waals surface area contributed by atoms with E-state index in [0.717, 1.165) is 5.69 Å². The van der Waals surface area contributed by atoms with E-state index in [1.807, 2.05) is 30.3 Å². The molecule has 1 aliphatic carbocycles. The van der Waals surface area contributed by atoms with Gasteiger partial charge in [0.05, 0.1) is 11.6 Å². The van der Waals surface area contributed by atoms with Gasteiger partial charge in [0.15, 0.2) is 5.82 Å². The molecule has 1 saturated carbocycles. The summed E-state index contributed by atoms with van der Waals surface area (Å²) in [5, 5.41) is 9.98. The molecule has 2 amide bonds. The van der Waals surface area contributed by atoms with Gasteiger partial charge in [0.1, 0.15) is 11.9 Å². The Balaban J connectivity index is 1.26. The molecule has 0 saturated heterocycles. The lowest BCUT2D eigenvalue weighted by atomic mass is 9.80. The summed E-state index contributed by atoms with van der Waals surface area (Å²) >= 11 is 0. The van der Waals surface area contributed by atoms with Gasteiger partial charge in [-0.25, -0.2) is 9.78 Å². The number of ether oxygens (including phenoxy) is 1. The Morgan fingerprint density at radius 2 is 1.90 bits per heavy atom. The van der Waals surface area contributed by atoms with Crippen LogP contribution in [0, 0.1) is 0 Å². The first-order chi connectivity index (χ1) is 15.0. The SMILES string of the molecule is CC(C(=O)Nc1cc(C2CC(OC(=O)N(C)c3ccccn3)C2)[nH]n1)c1ccccn1. The van der Waals surface area contributed by atoms with Crippen LogP contribution in [-0.2, 0) is 9.53 Å². The number of nitrogens with zero attached hydrogens (tertiary/aromatic N) is 4. The fraction of sp³-hybridized carbons (Fsp3) is 0.318. The van der Waals surface area contributed by atoms with Gasteiger partial charge in [-0.3, -0.25) is 19.8 Å². The monoisotopic (exact) mass is 420 g/mol. The lowest BCUT2D eigenvalue weighted by Gasteiger charge is -2.34. The highest BCUT2D eigenvalue weighted by molar-refractivity contribution is 5.94. The van der Waals surface area contributed by atoms with Gasteiger partial charge in [-0.1, -0.05) is 12.1 Å². The van der Waals surface area contributed by atoms with Crippen molar-refractivity contribution in [1.29, 1.82) is 0 Å². The number of anilines is 2. The number of carbonyl (C=O) groups is 2. The third kappa shape index (κ3) is 4.71. The summed E-state index contributed by atoms with van der Waals surface area (Å²) in [5.41, 5.74) is 1.61. The topological polar surface area (TPSA) is 113 Å². The van der Waals surface area contributed by atoms with Crippen molar-refractivity contribution in [3.8, 4) is 0 Å². The molecule has 3 heterocycles. The number of hydrogen-bond acceptors (Lipinski definition) is 6. The van der Waals surface area contributed by atoms with Crippen LogP contribution < -0.4 is 10.2 Å². The van der Waals surface area contributed by atoms with E-state index in [1.54, 1.807) is 38.5 Å². The minimum Gasteiger partial charge on any atom is -0.446 e. The van der Waals surface area contributed by atoms with E-state index in [1.165, 1.54) is 4.90 Å². The molecule has 0 radical (unpaired) electrons. The Morgan fingerprint density at radius 1 is 1.16 bits per heavy atom. The van der Waals surface area contributed by atoms with E-state index < -0.39 is 6.09 Å². The number of nitrogens with one attached hydrogen (secondary N) is 2. The summed E-state index contributed by atoms with van der Waals surface area (Å²) in [6, 6.07) is 12.7. The van der Waals surface area contributed by atoms with Crippen LogP contribution in [0.4, 0.5) is 16.4 Å². The van der Waals surface area contributed by atoms with Gasteiger partial charge in [0.25, 0.3) is 0 Å². The van der Waals surface area contributed by atoms with Crippen molar-refractivity contribution in [3.63, 3.8) is 0 Å². The van der Waals surface area contributed by atoms with Crippen molar-refractivity contribution in [2.75, 3.05) is 17.3 Å². The van der Waals surface area contributed by atoms with E-state index in [2.05, 4.69) is 25.5 Å². The first-order valence-electron chi connectivity index (χ1n) is 10.1. The molecule has 0 spiro atoms. The highest BCUT2D eigenvalue weighted by Gasteiger charge is 2.35. The summed E-state index contributed by atoms with van der Waals surface area (Å²) in [7, 11) is 1.64. The second-order valence-corrected chi connectivity index (χ2v) is 7.60. The van der Waals surface area contributed by atoms with Crippen LogP contribution in [0.1, 0.15) is 43.0 Å². The van der Waals surface area contributed by atoms with Crippen molar-refractivity contribution < 1.29 is 14.3 Å². The minimum atomic E-state index is -0.428. The average molecular weight is 420 g/mol. The predicted molar refractivity (Wildman–Crippen MR) is 115 cm³/mol. The molecule has 1 unspecified atom stereocenters. The van der Waals surface area contributed by atoms with Crippen LogP contribution in [0.3, 0.4) is 0 Å². The van der Waals surface area contributed by atoms with Crippen molar-refractivity contribution in [2.45, 2.75) is 37.7 Å². The molecule has 9 heteroatoms. The normalized spacial score (nSPS) is 18.5. The zero-order valence-corrected chi connectivity index (χ0v) is 17.4. The third-order valence-corrected chi connectivity index (χ3v) is 5.44. The minimum absolute atomic E-state index is 0.158. The maximum atomic E-state index is 12.5. The molecule has 2 N–H and O–H groups in total. The lowest BCUT2D eigenvalue weighted by molar-refractivity contribution is -0.117. The summed E-state index contributed by atoms with van der Waals surface area (Å²) in [6.07, 6.45) is 4.10. The molecule has 1 fully saturated rings. The van der Waals surface area contributed by atoms with Gasteiger partial charge in [0, 0.05) is 37.1 Å². The molecule has 31 heavy (non-hydrogen) atoms. The van der Waals surface area contributed by atoms with Crippen LogP contribution in [0.5, 0.6) is 0 Å². The number of H-pyrrole nitrogens is 1. The summed E-state index contributed by atoms with van der Waals surface area (Å²) in [4.78, 5) is 34.5. The quantitative estimate of drug-likeness (QED) is 0.631. The fourth-order valence-corrected chi connectivity index (χ4v) is 3.39. The van der Waals surface area contributed by atoms with Crippen LogP contribution in [0.25, 0.3) is 0 Å². The molecule has 3 aromatic rings. The maximum Gasteiger partial charge on any atom is 0.415 e. The number of pyridine rings is 2. The Kier molecular flexibility index (Phi) is 5.92. The molecule has 160 valence electrons. The fourth-order valence-electron chi connectivity index (χ4n) is 3.39. The van der Waals surface area contributed by atoms with Gasteiger partial charge in [-0.15, -0.1) is 0 Å². The zero-order chi connectivity index (χ0) is 21.8. The first kappa shape index (κ1) is 20.5. The smallest absolute Gasteiger partial charge is 0.415 e. The molecule has 0 bridgehead atoms. The highest BCUT2D eigenvalue weighted by Crippen LogP contribution is 2.38. The van der Waals surface area contributed by atoms with Crippen LogP contribution >= 0.6 is 0 Å². The summed E-state index contributed by atoms with van der Waals surface area (Å²) in [6.45, 7) is 1.80. The summed E-state index contributed by atoms with van der Waals surface area (Å²) < 4.78 is 5.54. The second-order valence-electron chi connectivity index (χ2n) is 7.60. The molecule has 1 atom stereocenters. The molecular weight excluding hydrogens is 396 g/mol. The Hall–Kier alpha value is -3.75. The standard InChI is InChI=1S/C22H24N6O3/c1-14(17-7-3-5-9-23-17)21(29)25-19-13-18(26-27-19)15-11-16(12-15)31-22(30)28(2)20-8-4-6-10-24-20/h3-10,13-16H,11-12H2,1-2H3,(H2,25,26,27,29). The molecule has 3 aromatic heterocycles. The van der Waals surface area contributed by atoms with E-state index in [9.17, 15) is 9.59 Å². The van der Waals surface area contributed by atoms with Crippen molar-refractivity contribution in [1.82, 2.24) is 20.2 Å². The second kappa shape index (κ2) is 8.95. The largest absolute Gasteiger partial charge is 0.446 e. The van der Waals surface area contributed by atoms with Crippen molar-refractivity contribution in [2.24, 2.45) is 0 Å². The average Bonchev–Trinajstić information content (AvgIpc) is 3.23. The van der Waals surface area contributed by atoms with E-state index in [4.69, 9.17) is 4.74 Å². The van der Waals surface area contributed by atoms with Crippen LogP contribution in [0.2, 0.25) is 0 Å². The van der Waals surface area contributed by atoms with Gasteiger partial charge >= 0.3 is 6.09 Å². The number of aromatic amines is 1. The van der Waals surface area contributed by atoms with Crippen molar-refractivity contribution in [3.05, 3.63) is 66.2 Å². The molecule has 0 aliphatic heterocycles. The predicted octanol–water partition coefficient (Wildman–Crippen LogP) is 3.46. The molecule has 0 aromatic carbocycles. The van der Waals surface area contributed by atoms with Crippen molar-refractivity contribution >= 4 is 23.6 Å². The van der Waals surface area contributed by atoms with Gasteiger partial charge in [-0.2, -0.15) is 5.10 Å². The maximum absolute atomic E-state index is 12.5. The molecular formula is C22H24N6O3. The zero-order valence-electron chi connectivity index (χ0n) is 17.4. The van der Waals surface area contributed by atoms with Gasteiger partial charge < -0.3 is 10.1 Å². The number of hydrogen-bond donors (Lipinski definition) is 2. The van der Waals surface area contributed by atoms with Crippen LogP contribution in [0.15, 0.2) is 54.9 Å². The molecule has 4 rings (SSSR count). The first-order valence-corrected chi connectivity index (χ1v) is 10.1. The van der Waals surface area contributed by atoms with E-state index in [0.29, 0.717) is 30.2 Å². The van der Waals surface area contributed by atoms with Crippen LogP contribution in [-0.4, -0.2) is 45.3 Å². The van der Waals surface area contributed by atoms with Gasteiger partial charge in [-0.05, 0) is 44.0 Å².